The Labute approximate surface area is 124 Å². The second kappa shape index (κ2) is 5.75. The van der Waals surface area contributed by atoms with Crippen LogP contribution in [0.5, 0.6) is 0 Å². The molecule has 3 nitrogen and oxygen atoms in total. The van der Waals surface area contributed by atoms with Crippen LogP contribution in [0, 0.1) is 0 Å². The standard InChI is InChI=1S/C18H17N3/c1-2-13-10-15(12-21-18(13)19)17-8-4-3-7-16(17)14-6-5-9-20-11-14/h3-12H,2H2,1H3,(H2,19,21). The summed E-state index contributed by atoms with van der Waals surface area (Å²) in [6.07, 6.45) is 6.38. The summed E-state index contributed by atoms with van der Waals surface area (Å²) >= 11 is 0. The van der Waals surface area contributed by atoms with E-state index in [0.29, 0.717) is 5.82 Å². The zero-order valence-corrected chi connectivity index (χ0v) is 12.0. The zero-order chi connectivity index (χ0) is 14.7. The quantitative estimate of drug-likeness (QED) is 0.787. The first-order valence-corrected chi connectivity index (χ1v) is 7.03. The Kier molecular flexibility index (Phi) is 3.65. The molecule has 0 radical (unpaired) electrons. The molecule has 0 aliphatic rings. The monoisotopic (exact) mass is 275 g/mol. The minimum absolute atomic E-state index is 0.611. The van der Waals surface area contributed by atoms with Gasteiger partial charge in [-0.05, 0) is 35.2 Å². The summed E-state index contributed by atoms with van der Waals surface area (Å²) in [6, 6.07) is 14.4. The van der Waals surface area contributed by atoms with E-state index in [9.17, 15) is 0 Å². The van der Waals surface area contributed by atoms with Crippen LogP contribution in [0.15, 0.2) is 61.1 Å². The highest BCUT2D eigenvalue weighted by Gasteiger charge is 2.09. The van der Waals surface area contributed by atoms with Crippen LogP contribution in [0.25, 0.3) is 22.3 Å². The predicted octanol–water partition coefficient (Wildman–Crippen LogP) is 3.96. The van der Waals surface area contributed by atoms with E-state index in [1.54, 1.807) is 6.20 Å². The van der Waals surface area contributed by atoms with Crippen molar-refractivity contribution in [1.82, 2.24) is 9.97 Å². The van der Waals surface area contributed by atoms with Gasteiger partial charge < -0.3 is 5.73 Å². The van der Waals surface area contributed by atoms with Crippen LogP contribution in [0.3, 0.4) is 0 Å². The Morgan fingerprint density at radius 3 is 2.38 bits per heavy atom. The number of nitrogens with two attached hydrogens (primary N) is 1. The number of benzene rings is 1. The second-order valence-electron chi connectivity index (χ2n) is 4.91. The molecule has 104 valence electrons. The lowest BCUT2D eigenvalue weighted by atomic mass is 9.95. The number of anilines is 1. The van der Waals surface area contributed by atoms with Crippen molar-refractivity contribution in [2.24, 2.45) is 0 Å². The van der Waals surface area contributed by atoms with Gasteiger partial charge in [0, 0.05) is 29.7 Å². The zero-order valence-electron chi connectivity index (χ0n) is 12.0. The fourth-order valence-corrected chi connectivity index (χ4v) is 2.46. The van der Waals surface area contributed by atoms with E-state index in [4.69, 9.17) is 5.73 Å². The molecule has 3 rings (SSSR count). The minimum Gasteiger partial charge on any atom is -0.383 e. The normalized spacial score (nSPS) is 10.5. The highest BCUT2D eigenvalue weighted by atomic mass is 14.8. The van der Waals surface area contributed by atoms with Gasteiger partial charge in [-0.2, -0.15) is 0 Å². The first-order chi connectivity index (χ1) is 10.3. The minimum atomic E-state index is 0.611. The molecule has 1 aromatic carbocycles. The molecule has 3 heteroatoms. The van der Waals surface area contributed by atoms with Crippen LogP contribution >= 0.6 is 0 Å². The summed E-state index contributed by atoms with van der Waals surface area (Å²) in [5.41, 5.74) is 11.5. The first-order valence-electron chi connectivity index (χ1n) is 7.03. The fraction of sp³-hybridized carbons (Fsp3) is 0.111. The lowest BCUT2D eigenvalue weighted by Crippen LogP contribution is -1.97. The molecule has 0 aliphatic carbocycles. The Hall–Kier alpha value is -2.68. The van der Waals surface area contributed by atoms with Crippen molar-refractivity contribution >= 4 is 5.82 Å². The van der Waals surface area contributed by atoms with Crippen molar-refractivity contribution in [1.29, 1.82) is 0 Å². The van der Waals surface area contributed by atoms with Crippen molar-refractivity contribution in [3.8, 4) is 22.3 Å². The average Bonchev–Trinajstić information content (AvgIpc) is 2.56. The summed E-state index contributed by atoms with van der Waals surface area (Å²) in [5, 5.41) is 0. The number of aryl methyl sites for hydroxylation is 1. The first kappa shape index (κ1) is 13.3. The van der Waals surface area contributed by atoms with Gasteiger partial charge in [0.25, 0.3) is 0 Å². The maximum absolute atomic E-state index is 5.91. The van der Waals surface area contributed by atoms with Gasteiger partial charge in [0.2, 0.25) is 0 Å². The molecule has 0 unspecified atom stereocenters. The van der Waals surface area contributed by atoms with Gasteiger partial charge >= 0.3 is 0 Å². The highest BCUT2D eigenvalue weighted by Crippen LogP contribution is 2.32. The van der Waals surface area contributed by atoms with Crippen LogP contribution in [-0.2, 0) is 6.42 Å². The molecule has 2 aromatic heterocycles. The van der Waals surface area contributed by atoms with Gasteiger partial charge in [-0.15, -0.1) is 0 Å². The Morgan fingerprint density at radius 1 is 0.952 bits per heavy atom. The molecule has 2 heterocycles. The van der Waals surface area contributed by atoms with Gasteiger partial charge in [-0.3, -0.25) is 4.98 Å². The molecule has 0 bridgehead atoms. The van der Waals surface area contributed by atoms with Crippen molar-refractivity contribution in [2.75, 3.05) is 5.73 Å². The maximum atomic E-state index is 5.91. The molecule has 21 heavy (non-hydrogen) atoms. The summed E-state index contributed by atoms with van der Waals surface area (Å²) in [7, 11) is 0. The van der Waals surface area contributed by atoms with Crippen LogP contribution in [0.1, 0.15) is 12.5 Å². The van der Waals surface area contributed by atoms with Gasteiger partial charge in [0.1, 0.15) is 5.82 Å². The molecule has 3 aromatic rings. The van der Waals surface area contributed by atoms with Crippen LogP contribution in [0.2, 0.25) is 0 Å². The number of hydrogen-bond donors (Lipinski definition) is 1. The van der Waals surface area contributed by atoms with Gasteiger partial charge in [-0.25, -0.2) is 4.98 Å². The third-order valence-corrected chi connectivity index (χ3v) is 3.59. The largest absolute Gasteiger partial charge is 0.383 e. The number of nitrogens with zero attached hydrogens (tertiary/aromatic N) is 2. The van der Waals surface area contributed by atoms with Crippen LogP contribution < -0.4 is 5.73 Å². The smallest absolute Gasteiger partial charge is 0.126 e. The van der Waals surface area contributed by atoms with E-state index < -0.39 is 0 Å². The fourth-order valence-electron chi connectivity index (χ4n) is 2.46. The maximum Gasteiger partial charge on any atom is 0.126 e. The Morgan fingerprint density at radius 2 is 1.71 bits per heavy atom. The number of pyridine rings is 2. The van der Waals surface area contributed by atoms with E-state index in [0.717, 1.165) is 34.2 Å². The van der Waals surface area contributed by atoms with Crippen LogP contribution in [-0.4, -0.2) is 9.97 Å². The van der Waals surface area contributed by atoms with Crippen molar-refractivity contribution in [3.63, 3.8) is 0 Å². The number of rotatable bonds is 3. The van der Waals surface area contributed by atoms with E-state index in [-0.39, 0.29) is 0 Å². The molecule has 0 amide bonds. The van der Waals surface area contributed by atoms with E-state index in [1.165, 1.54) is 0 Å². The number of hydrogen-bond acceptors (Lipinski definition) is 3. The summed E-state index contributed by atoms with van der Waals surface area (Å²) in [5.74, 6) is 0.611. The molecule has 2 N–H and O–H groups in total. The SMILES string of the molecule is CCc1cc(-c2ccccc2-c2cccnc2)cnc1N. The summed E-state index contributed by atoms with van der Waals surface area (Å²) in [4.78, 5) is 8.53. The topological polar surface area (TPSA) is 51.8 Å². The summed E-state index contributed by atoms with van der Waals surface area (Å²) < 4.78 is 0. The van der Waals surface area contributed by atoms with Gasteiger partial charge in [0.05, 0.1) is 0 Å². The summed E-state index contributed by atoms with van der Waals surface area (Å²) in [6.45, 7) is 2.09. The average molecular weight is 275 g/mol. The van der Waals surface area contributed by atoms with Crippen molar-refractivity contribution in [2.45, 2.75) is 13.3 Å². The lowest BCUT2D eigenvalue weighted by molar-refractivity contribution is 1.11. The van der Waals surface area contributed by atoms with E-state index in [1.807, 2.05) is 30.6 Å². The Balaban J connectivity index is 2.16. The molecular weight excluding hydrogens is 258 g/mol. The van der Waals surface area contributed by atoms with E-state index >= 15 is 0 Å². The second-order valence-corrected chi connectivity index (χ2v) is 4.91. The van der Waals surface area contributed by atoms with Gasteiger partial charge in [0.15, 0.2) is 0 Å². The number of aromatic nitrogens is 2. The molecule has 0 fully saturated rings. The van der Waals surface area contributed by atoms with E-state index in [2.05, 4.69) is 41.2 Å². The lowest BCUT2D eigenvalue weighted by Gasteiger charge is -2.11. The highest BCUT2D eigenvalue weighted by molar-refractivity contribution is 5.83. The predicted molar refractivity (Wildman–Crippen MR) is 86.7 cm³/mol. The molecule has 0 spiro atoms. The molecule has 0 aliphatic heterocycles. The van der Waals surface area contributed by atoms with Crippen molar-refractivity contribution < 1.29 is 0 Å². The molecular formula is C18H17N3. The molecule has 0 atom stereocenters. The third kappa shape index (κ3) is 2.63. The number of nitrogen functional groups attached to an aromatic ring is 1. The van der Waals surface area contributed by atoms with Crippen LogP contribution in [0.4, 0.5) is 5.82 Å². The molecule has 0 saturated carbocycles. The Bertz CT molecular complexity index is 751. The molecule has 0 saturated heterocycles. The van der Waals surface area contributed by atoms with Gasteiger partial charge in [-0.1, -0.05) is 37.3 Å². The van der Waals surface area contributed by atoms with Crippen molar-refractivity contribution in [3.05, 3.63) is 66.6 Å². The third-order valence-electron chi connectivity index (χ3n) is 3.59.